The summed E-state index contributed by atoms with van der Waals surface area (Å²) in [4.78, 5) is 14.3. The fourth-order valence-corrected chi connectivity index (χ4v) is 2.68. The van der Waals surface area contributed by atoms with Crippen LogP contribution in [0.25, 0.3) is 6.08 Å². The van der Waals surface area contributed by atoms with Crippen LogP contribution in [0.15, 0.2) is 18.2 Å². The minimum absolute atomic E-state index is 0.163. The molecule has 1 amide bonds. The van der Waals surface area contributed by atoms with Crippen LogP contribution < -0.4 is 14.9 Å². The maximum Gasteiger partial charge on any atom is 0.258 e. The molecule has 24 heavy (non-hydrogen) atoms. The highest BCUT2D eigenvalue weighted by atomic mass is 35.5. The van der Waals surface area contributed by atoms with E-state index in [0.717, 1.165) is 31.7 Å². The van der Waals surface area contributed by atoms with Crippen molar-refractivity contribution in [2.75, 3.05) is 46.9 Å². The van der Waals surface area contributed by atoms with Crippen LogP contribution in [0, 0.1) is 0 Å². The summed E-state index contributed by atoms with van der Waals surface area (Å²) in [5, 5.41) is 2.38. The molecule has 1 aromatic carbocycles. The Bertz CT molecular complexity index is 599. The van der Waals surface area contributed by atoms with Crippen LogP contribution in [0.4, 0.5) is 0 Å². The second-order valence-electron chi connectivity index (χ2n) is 5.57. The van der Waals surface area contributed by atoms with Gasteiger partial charge in [0.25, 0.3) is 5.91 Å². The zero-order valence-corrected chi connectivity index (χ0v) is 15.1. The van der Waals surface area contributed by atoms with E-state index >= 15 is 0 Å². The number of nitrogens with zero attached hydrogens (tertiary/aromatic N) is 2. The molecular formula is C17H24ClN3O3. The summed E-state index contributed by atoms with van der Waals surface area (Å²) >= 11 is 6.22. The van der Waals surface area contributed by atoms with Gasteiger partial charge >= 0.3 is 0 Å². The Labute approximate surface area is 147 Å². The Hall–Kier alpha value is -1.76. The second kappa shape index (κ2) is 8.92. The molecule has 7 heteroatoms. The Kier molecular flexibility index (Phi) is 6.90. The number of piperazine rings is 1. The first kappa shape index (κ1) is 18.6. The van der Waals surface area contributed by atoms with Crippen LogP contribution in [0.1, 0.15) is 12.5 Å². The lowest BCUT2D eigenvalue weighted by molar-refractivity contribution is -0.121. The van der Waals surface area contributed by atoms with Crippen molar-refractivity contribution in [2.45, 2.75) is 6.92 Å². The van der Waals surface area contributed by atoms with E-state index in [9.17, 15) is 4.79 Å². The number of carbonyl (C=O) groups excluding carboxylic acids is 1. The summed E-state index contributed by atoms with van der Waals surface area (Å²) in [6.45, 7) is 5.90. The van der Waals surface area contributed by atoms with Crippen molar-refractivity contribution in [2.24, 2.45) is 0 Å². The molecule has 132 valence electrons. The van der Waals surface area contributed by atoms with Gasteiger partial charge in [-0.05, 0) is 37.7 Å². The molecule has 1 saturated heterocycles. The fourth-order valence-electron chi connectivity index (χ4n) is 2.40. The lowest BCUT2D eigenvalue weighted by Gasteiger charge is -2.31. The number of methoxy groups -OCH3 is 1. The van der Waals surface area contributed by atoms with E-state index in [4.69, 9.17) is 21.1 Å². The van der Waals surface area contributed by atoms with Crippen LogP contribution in [0.3, 0.4) is 0 Å². The predicted molar refractivity (Wildman–Crippen MR) is 95.4 cm³/mol. The zero-order chi connectivity index (χ0) is 17.5. The lowest BCUT2D eigenvalue weighted by Crippen LogP contribution is -2.52. The standard InChI is InChI=1S/C17H24ClN3O3/c1-4-24-17-14(18)11-13(12-15(17)23-3)5-6-16(22)19-21-9-7-20(2)8-10-21/h5-6,11-12H,4,7-10H2,1-3H3,(H,19,22)/b6-5+. The predicted octanol–water partition coefficient (Wildman–Crippen LogP) is 2.04. The smallest absolute Gasteiger partial charge is 0.258 e. The molecule has 1 aromatic rings. The summed E-state index contributed by atoms with van der Waals surface area (Å²) in [5.74, 6) is 0.896. The highest BCUT2D eigenvalue weighted by Gasteiger charge is 2.15. The highest BCUT2D eigenvalue weighted by Crippen LogP contribution is 2.36. The topological polar surface area (TPSA) is 54.0 Å². The molecule has 0 aromatic heterocycles. The van der Waals surface area contributed by atoms with Crippen molar-refractivity contribution in [3.05, 3.63) is 28.8 Å². The first-order valence-electron chi connectivity index (χ1n) is 7.96. The third-order valence-corrected chi connectivity index (χ3v) is 4.02. The molecule has 0 radical (unpaired) electrons. The van der Waals surface area contributed by atoms with Crippen LogP contribution >= 0.6 is 11.6 Å². The number of hydrogen-bond donors (Lipinski definition) is 1. The van der Waals surface area contributed by atoms with Gasteiger partial charge in [-0.2, -0.15) is 0 Å². The molecule has 1 heterocycles. The van der Waals surface area contributed by atoms with Gasteiger partial charge in [-0.15, -0.1) is 0 Å². The Morgan fingerprint density at radius 3 is 2.67 bits per heavy atom. The van der Waals surface area contributed by atoms with Crippen molar-refractivity contribution in [1.82, 2.24) is 15.3 Å². The molecule has 1 fully saturated rings. The van der Waals surface area contributed by atoms with Crippen LogP contribution in [-0.4, -0.2) is 62.8 Å². The second-order valence-corrected chi connectivity index (χ2v) is 5.97. The number of benzene rings is 1. The molecule has 0 spiro atoms. The number of rotatable bonds is 6. The maximum absolute atomic E-state index is 12.0. The number of amides is 1. The van der Waals surface area contributed by atoms with E-state index in [0.29, 0.717) is 23.1 Å². The molecule has 2 rings (SSSR count). The normalized spacial score (nSPS) is 16.3. The average molecular weight is 354 g/mol. The van der Waals surface area contributed by atoms with E-state index in [1.54, 1.807) is 25.3 Å². The van der Waals surface area contributed by atoms with Gasteiger partial charge in [-0.1, -0.05) is 11.6 Å². The highest BCUT2D eigenvalue weighted by molar-refractivity contribution is 6.32. The van der Waals surface area contributed by atoms with E-state index < -0.39 is 0 Å². The average Bonchev–Trinajstić information content (AvgIpc) is 2.57. The monoisotopic (exact) mass is 353 g/mol. The number of likely N-dealkylation sites (N-methyl/N-ethyl adjacent to an activating group) is 1. The van der Waals surface area contributed by atoms with Gasteiger partial charge in [0.1, 0.15) is 0 Å². The Balaban J connectivity index is 2.00. The zero-order valence-electron chi connectivity index (χ0n) is 14.3. The summed E-state index contributed by atoms with van der Waals surface area (Å²) in [7, 11) is 3.63. The van der Waals surface area contributed by atoms with E-state index in [2.05, 4.69) is 17.4 Å². The molecule has 0 bridgehead atoms. The lowest BCUT2D eigenvalue weighted by atomic mass is 10.2. The van der Waals surface area contributed by atoms with Crippen molar-refractivity contribution < 1.29 is 14.3 Å². The number of halogens is 1. The van der Waals surface area contributed by atoms with Gasteiger partial charge in [0.2, 0.25) is 0 Å². The molecule has 0 aliphatic carbocycles. The number of hydrazine groups is 1. The quantitative estimate of drug-likeness (QED) is 0.793. The van der Waals surface area contributed by atoms with E-state index in [1.807, 2.05) is 11.9 Å². The van der Waals surface area contributed by atoms with Gasteiger partial charge in [0.05, 0.1) is 18.7 Å². The summed E-state index contributed by atoms with van der Waals surface area (Å²) in [6, 6.07) is 3.53. The van der Waals surface area contributed by atoms with Crippen molar-refractivity contribution >= 4 is 23.6 Å². The van der Waals surface area contributed by atoms with Gasteiger partial charge < -0.3 is 14.4 Å². The van der Waals surface area contributed by atoms with Crippen molar-refractivity contribution in [1.29, 1.82) is 0 Å². The molecule has 0 unspecified atom stereocenters. The van der Waals surface area contributed by atoms with Crippen molar-refractivity contribution in [3.8, 4) is 11.5 Å². The van der Waals surface area contributed by atoms with Crippen LogP contribution in [-0.2, 0) is 4.79 Å². The number of hydrogen-bond acceptors (Lipinski definition) is 5. The van der Waals surface area contributed by atoms with E-state index in [-0.39, 0.29) is 5.91 Å². The SMILES string of the molecule is CCOc1c(Cl)cc(/C=C/C(=O)NN2CCN(C)CC2)cc1OC. The number of nitrogens with one attached hydrogen (secondary N) is 1. The minimum atomic E-state index is -0.163. The summed E-state index contributed by atoms with van der Waals surface area (Å²) < 4.78 is 10.8. The Morgan fingerprint density at radius 2 is 2.04 bits per heavy atom. The number of ether oxygens (including phenoxy) is 2. The van der Waals surface area contributed by atoms with Crippen molar-refractivity contribution in [3.63, 3.8) is 0 Å². The summed E-state index contributed by atoms with van der Waals surface area (Å²) in [6.07, 6.45) is 3.19. The van der Waals surface area contributed by atoms with Gasteiger partial charge in [-0.25, -0.2) is 5.01 Å². The Morgan fingerprint density at radius 1 is 1.33 bits per heavy atom. The van der Waals surface area contributed by atoms with E-state index in [1.165, 1.54) is 6.08 Å². The van der Waals surface area contributed by atoms with Gasteiger partial charge in [0.15, 0.2) is 11.5 Å². The molecule has 1 aliphatic heterocycles. The third-order valence-electron chi connectivity index (χ3n) is 3.74. The first-order valence-corrected chi connectivity index (χ1v) is 8.33. The summed E-state index contributed by atoms with van der Waals surface area (Å²) in [5.41, 5.74) is 3.65. The molecule has 0 atom stereocenters. The molecular weight excluding hydrogens is 330 g/mol. The van der Waals surface area contributed by atoms with Crippen LogP contribution in [0.2, 0.25) is 5.02 Å². The maximum atomic E-state index is 12.0. The number of carbonyl (C=O) groups is 1. The largest absolute Gasteiger partial charge is 0.493 e. The molecule has 6 nitrogen and oxygen atoms in total. The molecule has 1 aliphatic rings. The third kappa shape index (κ3) is 5.12. The van der Waals surface area contributed by atoms with Gasteiger partial charge in [-0.3, -0.25) is 10.2 Å². The van der Waals surface area contributed by atoms with Crippen LogP contribution in [0.5, 0.6) is 11.5 Å². The fraction of sp³-hybridized carbons (Fsp3) is 0.471. The minimum Gasteiger partial charge on any atom is -0.493 e. The molecule has 0 saturated carbocycles. The van der Waals surface area contributed by atoms with Gasteiger partial charge in [0, 0.05) is 32.3 Å². The molecule has 1 N–H and O–H groups in total. The first-order chi connectivity index (χ1) is 11.5.